The molecule has 18 heavy (non-hydrogen) atoms. The molecule has 0 spiro atoms. The van der Waals surface area contributed by atoms with Gasteiger partial charge >= 0.3 is 0 Å². The Labute approximate surface area is 109 Å². The van der Waals surface area contributed by atoms with Gasteiger partial charge in [0, 0.05) is 16.6 Å². The molecule has 0 amide bonds. The Bertz CT molecular complexity index is 684. The Balaban J connectivity index is 1.99. The van der Waals surface area contributed by atoms with Gasteiger partial charge in [-0.3, -0.25) is 0 Å². The zero-order valence-corrected chi connectivity index (χ0v) is 10.7. The number of nitrogens with two attached hydrogens (primary N) is 1. The first-order chi connectivity index (χ1) is 8.72. The van der Waals surface area contributed by atoms with Crippen LogP contribution in [0.15, 0.2) is 46.2 Å². The van der Waals surface area contributed by atoms with Gasteiger partial charge in [0.1, 0.15) is 16.5 Å². The summed E-state index contributed by atoms with van der Waals surface area (Å²) < 4.78 is 5.56. The van der Waals surface area contributed by atoms with Crippen LogP contribution in [0.2, 0.25) is 0 Å². The van der Waals surface area contributed by atoms with Crippen molar-refractivity contribution in [1.82, 2.24) is 4.98 Å². The fourth-order valence-electron chi connectivity index (χ4n) is 1.76. The maximum absolute atomic E-state index is 5.78. The van der Waals surface area contributed by atoms with E-state index < -0.39 is 0 Å². The van der Waals surface area contributed by atoms with Crippen molar-refractivity contribution in [2.45, 2.75) is 6.92 Å². The number of hydrogen-bond donors (Lipinski definition) is 1. The van der Waals surface area contributed by atoms with Gasteiger partial charge in [-0.2, -0.15) is 0 Å². The third-order valence-electron chi connectivity index (χ3n) is 2.63. The molecule has 0 fully saturated rings. The molecule has 3 rings (SSSR count). The average Bonchev–Trinajstić information content (AvgIpc) is 2.97. The molecule has 0 bridgehead atoms. The molecule has 0 atom stereocenters. The molecule has 90 valence electrons. The Morgan fingerprint density at radius 1 is 1.22 bits per heavy atom. The van der Waals surface area contributed by atoms with Crippen LogP contribution in [-0.2, 0) is 0 Å². The number of aryl methyl sites for hydroxylation is 1. The van der Waals surface area contributed by atoms with E-state index in [1.807, 2.05) is 48.7 Å². The van der Waals surface area contributed by atoms with Gasteiger partial charge < -0.3 is 10.2 Å². The van der Waals surface area contributed by atoms with Gasteiger partial charge in [0.2, 0.25) is 0 Å². The first kappa shape index (κ1) is 11.0. The molecule has 0 unspecified atom stereocenters. The van der Waals surface area contributed by atoms with Crippen molar-refractivity contribution in [2.75, 3.05) is 5.73 Å². The van der Waals surface area contributed by atoms with E-state index in [2.05, 4.69) is 4.98 Å². The molecular formula is C14H12N2OS. The van der Waals surface area contributed by atoms with Gasteiger partial charge in [0.15, 0.2) is 5.76 Å². The predicted molar refractivity (Wildman–Crippen MR) is 74.4 cm³/mol. The van der Waals surface area contributed by atoms with E-state index in [9.17, 15) is 0 Å². The van der Waals surface area contributed by atoms with Crippen molar-refractivity contribution in [2.24, 2.45) is 0 Å². The summed E-state index contributed by atoms with van der Waals surface area (Å²) in [5.41, 5.74) is 8.43. The molecule has 2 heterocycles. The average molecular weight is 256 g/mol. The van der Waals surface area contributed by atoms with E-state index in [-0.39, 0.29) is 0 Å². The smallest absolute Gasteiger partial charge is 0.153 e. The minimum absolute atomic E-state index is 0.748. The Morgan fingerprint density at radius 2 is 2.11 bits per heavy atom. The van der Waals surface area contributed by atoms with Crippen LogP contribution in [0.5, 0.6) is 0 Å². The third-order valence-corrected chi connectivity index (χ3v) is 3.52. The minimum atomic E-state index is 0.748. The van der Waals surface area contributed by atoms with Gasteiger partial charge in [-0.1, -0.05) is 12.1 Å². The van der Waals surface area contributed by atoms with Crippen molar-refractivity contribution in [3.63, 3.8) is 0 Å². The zero-order chi connectivity index (χ0) is 12.5. The van der Waals surface area contributed by atoms with Crippen LogP contribution in [0.25, 0.3) is 22.0 Å². The minimum Gasteiger partial charge on any atom is -0.460 e. The topological polar surface area (TPSA) is 52.0 Å². The van der Waals surface area contributed by atoms with Crippen LogP contribution in [0.1, 0.15) is 5.76 Å². The van der Waals surface area contributed by atoms with Crippen LogP contribution in [-0.4, -0.2) is 4.98 Å². The van der Waals surface area contributed by atoms with E-state index in [1.165, 1.54) is 0 Å². The highest BCUT2D eigenvalue weighted by atomic mass is 32.1. The lowest BCUT2D eigenvalue weighted by molar-refractivity contribution is 0.547. The van der Waals surface area contributed by atoms with Crippen molar-refractivity contribution in [1.29, 1.82) is 0 Å². The molecule has 1 aromatic carbocycles. The molecule has 0 saturated heterocycles. The van der Waals surface area contributed by atoms with Gasteiger partial charge in [-0.15, -0.1) is 11.3 Å². The second-order valence-corrected chi connectivity index (χ2v) is 4.93. The Hall–Kier alpha value is -2.07. The predicted octanol–water partition coefficient (Wildman–Crippen LogP) is 3.96. The molecule has 2 aromatic heterocycles. The van der Waals surface area contributed by atoms with Crippen LogP contribution >= 0.6 is 11.3 Å². The SMILES string of the molecule is Cc1ccc(-c2csc(-c3cccc(N)c3)n2)o1. The normalized spacial score (nSPS) is 10.7. The number of aromatic nitrogens is 1. The summed E-state index contributed by atoms with van der Waals surface area (Å²) in [6, 6.07) is 11.6. The summed E-state index contributed by atoms with van der Waals surface area (Å²) in [4.78, 5) is 4.57. The van der Waals surface area contributed by atoms with E-state index >= 15 is 0 Å². The molecular weight excluding hydrogens is 244 g/mol. The molecule has 4 heteroatoms. The van der Waals surface area contributed by atoms with Gasteiger partial charge in [-0.05, 0) is 31.2 Å². The highest BCUT2D eigenvalue weighted by molar-refractivity contribution is 7.13. The maximum atomic E-state index is 5.78. The molecule has 0 aliphatic heterocycles. The molecule has 0 aliphatic rings. The van der Waals surface area contributed by atoms with Crippen LogP contribution in [0.4, 0.5) is 5.69 Å². The summed E-state index contributed by atoms with van der Waals surface area (Å²) in [7, 11) is 0. The number of furan rings is 1. The van der Waals surface area contributed by atoms with Gasteiger partial charge in [0.05, 0.1) is 0 Å². The standard InChI is InChI=1S/C14H12N2OS/c1-9-5-6-13(17-9)12-8-18-14(16-12)10-3-2-4-11(15)7-10/h2-8H,15H2,1H3. The summed E-state index contributed by atoms with van der Waals surface area (Å²) in [6.07, 6.45) is 0. The van der Waals surface area contributed by atoms with Gasteiger partial charge in [-0.25, -0.2) is 4.98 Å². The van der Waals surface area contributed by atoms with Crippen molar-refractivity contribution < 1.29 is 4.42 Å². The van der Waals surface area contributed by atoms with E-state index in [1.54, 1.807) is 11.3 Å². The molecule has 3 nitrogen and oxygen atoms in total. The summed E-state index contributed by atoms with van der Waals surface area (Å²) in [6.45, 7) is 1.93. The number of benzene rings is 1. The van der Waals surface area contributed by atoms with Crippen LogP contribution in [0.3, 0.4) is 0 Å². The highest BCUT2D eigenvalue weighted by Gasteiger charge is 2.09. The quantitative estimate of drug-likeness (QED) is 0.706. The third kappa shape index (κ3) is 2.02. The largest absolute Gasteiger partial charge is 0.460 e. The van der Waals surface area contributed by atoms with E-state index in [0.29, 0.717) is 0 Å². The second-order valence-electron chi connectivity index (χ2n) is 4.07. The van der Waals surface area contributed by atoms with Gasteiger partial charge in [0.25, 0.3) is 0 Å². The molecule has 0 radical (unpaired) electrons. The lowest BCUT2D eigenvalue weighted by atomic mass is 10.2. The van der Waals surface area contributed by atoms with Crippen LogP contribution < -0.4 is 5.73 Å². The van der Waals surface area contributed by atoms with Crippen LogP contribution in [0, 0.1) is 6.92 Å². The summed E-state index contributed by atoms with van der Waals surface area (Å²) >= 11 is 1.59. The fraction of sp³-hybridized carbons (Fsp3) is 0.0714. The number of thiazole rings is 1. The zero-order valence-electron chi connectivity index (χ0n) is 9.88. The molecule has 0 saturated carbocycles. The number of anilines is 1. The Kier molecular flexibility index (Phi) is 2.64. The van der Waals surface area contributed by atoms with Crippen molar-refractivity contribution in [3.8, 4) is 22.0 Å². The summed E-state index contributed by atoms with van der Waals surface area (Å²) in [5, 5.41) is 2.95. The second kappa shape index (κ2) is 4.31. The molecule has 3 aromatic rings. The van der Waals surface area contributed by atoms with Crippen molar-refractivity contribution >= 4 is 17.0 Å². The highest BCUT2D eigenvalue weighted by Crippen LogP contribution is 2.30. The van der Waals surface area contributed by atoms with E-state index in [4.69, 9.17) is 10.2 Å². The fourth-order valence-corrected chi connectivity index (χ4v) is 2.57. The Morgan fingerprint density at radius 3 is 2.83 bits per heavy atom. The number of nitrogen functional groups attached to an aromatic ring is 1. The lowest BCUT2D eigenvalue weighted by Crippen LogP contribution is -1.84. The lowest BCUT2D eigenvalue weighted by Gasteiger charge is -1.97. The first-order valence-corrected chi connectivity index (χ1v) is 6.48. The number of hydrogen-bond acceptors (Lipinski definition) is 4. The van der Waals surface area contributed by atoms with E-state index in [0.717, 1.165) is 33.5 Å². The van der Waals surface area contributed by atoms with Crippen molar-refractivity contribution in [3.05, 3.63) is 47.5 Å². The molecule has 0 aliphatic carbocycles. The monoisotopic (exact) mass is 256 g/mol. The number of nitrogens with zero attached hydrogens (tertiary/aromatic N) is 1. The summed E-state index contributed by atoms with van der Waals surface area (Å²) in [5.74, 6) is 1.70. The maximum Gasteiger partial charge on any atom is 0.153 e. The molecule has 2 N–H and O–H groups in total. The number of rotatable bonds is 2. The first-order valence-electron chi connectivity index (χ1n) is 5.60.